The second kappa shape index (κ2) is 8.55. The van der Waals surface area contributed by atoms with Gasteiger partial charge in [-0.15, -0.1) is 11.6 Å². The van der Waals surface area contributed by atoms with Gasteiger partial charge in [-0.2, -0.15) is 0 Å². The Balaban J connectivity index is 1.82. The van der Waals surface area contributed by atoms with Crippen LogP contribution >= 0.6 is 11.6 Å². The summed E-state index contributed by atoms with van der Waals surface area (Å²) in [7, 11) is 0. The third kappa shape index (κ3) is 3.41. The van der Waals surface area contributed by atoms with Crippen LogP contribution in [0.5, 0.6) is 0 Å². The summed E-state index contributed by atoms with van der Waals surface area (Å²) in [6.07, 6.45) is 6.04. The Bertz CT molecular complexity index is 1030. The van der Waals surface area contributed by atoms with E-state index in [9.17, 15) is 24.3 Å². The van der Waals surface area contributed by atoms with Crippen molar-refractivity contribution in [1.29, 1.82) is 0 Å². The molecule has 0 spiro atoms. The summed E-state index contributed by atoms with van der Waals surface area (Å²) in [5.41, 5.74) is -2.26. The van der Waals surface area contributed by atoms with Crippen molar-refractivity contribution < 1.29 is 33.8 Å². The maximum atomic E-state index is 13.7. The molecule has 0 saturated heterocycles. The number of fused-ring (bicyclic) bond motifs is 5. The van der Waals surface area contributed by atoms with Crippen molar-refractivity contribution in [3.63, 3.8) is 0 Å². The molecule has 8 atom stereocenters. The molecule has 1 N–H and O–H groups in total. The normalized spacial score (nSPS) is 44.0. The molecule has 4 rings (SSSR count). The molecular formula is C27H35ClO7. The van der Waals surface area contributed by atoms with E-state index >= 15 is 0 Å². The van der Waals surface area contributed by atoms with Crippen LogP contribution in [0.25, 0.3) is 0 Å². The fraction of sp³-hybridized carbons (Fsp3) is 0.704. The SMILES string of the molecule is CCC(=O)O[C@]1(C(=O)COC(C)=O)[C@@H](C)C[C@@H]2[C@@H]3CCC4=CC(=O)C=C[C@]4(C)[C@@]3(Cl)[C@@H](O)C[C@@]21C. The molecule has 0 radical (unpaired) electrons. The molecule has 3 fully saturated rings. The molecule has 4 aliphatic rings. The molecule has 0 aromatic rings. The van der Waals surface area contributed by atoms with Crippen molar-refractivity contribution in [3.8, 4) is 0 Å². The van der Waals surface area contributed by atoms with Crippen molar-refractivity contribution in [1.82, 2.24) is 0 Å². The number of hydrogen-bond donors (Lipinski definition) is 1. The van der Waals surface area contributed by atoms with Gasteiger partial charge in [-0.05, 0) is 49.7 Å². The zero-order chi connectivity index (χ0) is 26.0. The van der Waals surface area contributed by atoms with E-state index in [2.05, 4.69) is 0 Å². The second-order valence-electron chi connectivity index (χ2n) is 11.2. The zero-order valence-electron chi connectivity index (χ0n) is 21.1. The van der Waals surface area contributed by atoms with Gasteiger partial charge in [0.05, 0.1) is 11.0 Å². The number of halogens is 1. The van der Waals surface area contributed by atoms with Gasteiger partial charge in [0.1, 0.15) is 0 Å². The van der Waals surface area contributed by atoms with Crippen LogP contribution < -0.4 is 0 Å². The lowest BCUT2D eigenvalue weighted by Crippen LogP contribution is -2.69. The van der Waals surface area contributed by atoms with Gasteiger partial charge in [0.15, 0.2) is 18.0 Å². The van der Waals surface area contributed by atoms with Gasteiger partial charge in [-0.25, -0.2) is 0 Å². The van der Waals surface area contributed by atoms with E-state index in [1.54, 1.807) is 13.0 Å². The molecule has 0 aromatic heterocycles. The lowest BCUT2D eigenvalue weighted by atomic mass is 9.45. The van der Waals surface area contributed by atoms with E-state index in [-0.39, 0.29) is 36.4 Å². The van der Waals surface area contributed by atoms with Crippen LogP contribution in [0.1, 0.15) is 66.7 Å². The standard InChI is InChI=1S/C27H35ClO7/c1-6-23(33)35-27(22(32)14-34-16(3)29)15(2)11-20-19-8-7-17-12-18(30)9-10-24(17,4)26(19,28)21(31)13-25(20,27)5/h9-10,12,15,19-21,31H,6-8,11,13-14H2,1-5H3/t15-,19-,20+,21-,24-,25-,26-,27-/m0/s1. The Morgan fingerprint density at radius 1 is 1.23 bits per heavy atom. The molecule has 0 amide bonds. The Kier molecular flexibility index (Phi) is 6.37. The molecule has 0 heterocycles. The third-order valence-electron chi connectivity index (χ3n) is 9.57. The monoisotopic (exact) mass is 506 g/mol. The Labute approximate surface area is 211 Å². The van der Waals surface area contributed by atoms with Gasteiger partial charge in [0.2, 0.25) is 5.78 Å². The fourth-order valence-electron chi connectivity index (χ4n) is 7.92. The number of hydrogen-bond acceptors (Lipinski definition) is 7. The molecular weight excluding hydrogens is 472 g/mol. The Morgan fingerprint density at radius 2 is 1.91 bits per heavy atom. The first-order valence-electron chi connectivity index (χ1n) is 12.5. The van der Waals surface area contributed by atoms with Crippen LogP contribution in [0.15, 0.2) is 23.8 Å². The highest BCUT2D eigenvalue weighted by Gasteiger charge is 2.76. The van der Waals surface area contributed by atoms with E-state index in [1.165, 1.54) is 13.0 Å². The molecule has 0 aromatic carbocycles. The van der Waals surface area contributed by atoms with E-state index in [4.69, 9.17) is 21.1 Å². The quantitative estimate of drug-likeness (QED) is 0.447. The van der Waals surface area contributed by atoms with Crippen LogP contribution in [0, 0.1) is 28.6 Å². The van der Waals surface area contributed by atoms with Crippen LogP contribution in [0.3, 0.4) is 0 Å². The first-order chi connectivity index (χ1) is 16.3. The van der Waals surface area contributed by atoms with Gasteiger partial charge in [-0.1, -0.05) is 39.3 Å². The molecule has 8 heteroatoms. The predicted molar refractivity (Wildman–Crippen MR) is 128 cm³/mol. The highest BCUT2D eigenvalue weighted by atomic mass is 35.5. The zero-order valence-corrected chi connectivity index (χ0v) is 21.8. The van der Waals surface area contributed by atoms with Crippen LogP contribution in [0.2, 0.25) is 0 Å². The molecule has 0 unspecified atom stereocenters. The van der Waals surface area contributed by atoms with Crippen molar-refractivity contribution in [2.24, 2.45) is 28.6 Å². The average Bonchev–Trinajstić information content (AvgIpc) is 3.00. The lowest BCUT2D eigenvalue weighted by molar-refractivity contribution is -0.203. The number of carbonyl (C=O) groups excluding carboxylic acids is 4. The summed E-state index contributed by atoms with van der Waals surface area (Å²) in [4.78, 5) is 48.9. The number of Topliss-reactive ketones (excluding diaryl/α,β-unsaturated/α-hetero) is 1. The smallest absolute Gasteiger partial charge is 0.306 e. The third-order valence-corrected chi connectivity index (χ3v) is 10.5. The van der Waals surface area contributed by atoms with Crippen molar-refractivity contribution >= 4 is 35.1 Å². The summed E-state index contributed by atoms with van der Waals surface area (Å²) < 4.78 is 11.1. The summed E-state index contributed by atoms with van der Waals surface area (Å²) >= 11 is 7.46. The van der Waals surface area contributed by atoms with Crippen LogP contribution in [0.4, 0.5) is 0 Å². The highest BCUT2D eigenvalue weighted by Crippen LogP contribution is 2.72. The van der Waals surface area contributed by atoms with Crippen molar-refractivity contribution in [2.45, 2.75) is 83.3 Å². The summed E-state index contributed by atoms with van der Waals surface area (Å²) in [6, 6.07) is 0. The average molecular weight is 507 g/mol. The molecule has 192 valence electrons. The van der Waals surface area contributed by atoms with Crippen LogP contribution in [-0.2, 0) is 28.7 Å². The highest BCUT2D eigenvalue weighted by molar-refractivity contribution is 6.26. The molecule has 0 bridgehead atoms. The van der Waals surface area contributed by atoms with E-state index in [0.29, 0.717) is 19.3 Å². The number of allylic oxidation sites excluding steroid dienone is 4. The van der Waals surface area contributed by atoms with Gasteiger partial charge < -0.3 is 14.6 Å². The van der Waals surface area contributed by atoms with E-state index in [1.807, 2.05) is 26.8 Å². The van der Waals surface area contributed by atoms with Crippen molar-refractivity contribution in [2.75, 3.05) is 6.61 Å². The number of aliphatic hydroxyl groups is 1. The van der Waals surface area contributed by atoms with Gasteiger partial charge in [-0.3, -0.25) is 19.2 Å². The van der Waals surface area contributed by atoms with Gasteiger partial charge >= 0.3 is 11.9 Å². The van der Waals surface area contributed by atoms with Crippen molar-refractivity contribution in [3.05, 3.63) is 23.8 Å². The minimum atomic E-state index is -1.55. The number of aliphatic hydroxyl groups excluding tert-OH is 1. The summed E-state index contributed by atoms with van der Waals surface area (Å²) in [5.74, 6) is -2.34. The predicted octanol–water partition coefficient (Wildman–Crippen LogP) is 3.70. The van der Waals surface area contributed by atoms with E-state index in [0.717, 1.165) is 5.57 Å². The van der Waals surface area contributed by atoms with E-state index < -0.39 is 51.7 Å². The van der Waals surface area contributed by atoms with Crippen LogP contribution in [-0.4, -0.2) is 51.8 Å². The summed E-state index contributed by atoms with van der Waals surface area (Å²) in [5, 5.41) is 11.7. The summed E-state index contributed by atoms with van der Waals surface area (Å²) in [6.45, 7) is 8.16. The molecule has 0 aliphatic heterocycles. The largest absolute Gasteiger partial charge is 0.458 e. The first-order valence-corrected chi connectivity index (χ1v) is 12.9. The fourth-order valence-corrected chi connectivity index (χ4v) is 8.45. The Hall–Kier alpha value is -1.99. The number of alkyl halides is 1. The van der Waals surface area contributed by atoms with Gasteiger partial charge in [0.25, 0.3) is 0 Å². The maximum Gasteiger partial charge on any atom is 0.306 e. The maximum absolute atomic E-state index is 13.7. The minimum Gasteiger partial charge on any atom is -0.458 e. The number of rotatable bonds is 5. The minimum absolute atomic E-state index is 0.0811. The molecule has 35 heavy (non-hydrogen) atoms. The molecule has 4 aliphatic carbocycles. The molecule has 7 nitrogen and oxygen atoms in total. The lowest BCUT2D eigenvalue weighted by Gasteiger charge is -2.64. The number of ketones is 2. The molecule has 3 saturated carbocycles. The number of carbonyl (C=O) groups is 4. The number of esters is 2. The second-order valence-corrected chi connectivity index (χ2v) is 11.8. The Morgan fingerprint density at radius 3 is 2.54 bits per heavy atom. The first kappa shape index (κ1) is 26.1. The van der Waals surface area contributed by atoms with Gasteiger partial charge in [0, 0.05) is 30.1 Å². The topological polar surface area (TPSA) is 107 Å². The number of ether oxygens (including phenoxy) is 2.